The number of phenols is 1. The highest BCUT2D eigenvalue weighted by molar-refractivity contribution is 6.00. The van der Waals surface area contributed by atoms with E-state index in [0.29, 0.717) is 11.1 Å². The Balaban J connectivity index is 1.99. The number of nitrogens with two attached hydrogens (primary N) is 2. The van der Waals surface area contributed by atoms with Crippen LogP contribution in [-0.4, -0.2) is 227 Å². The number of carboxylic acids is 6. The summed E-state index contributed by atoms with van der Waals surface area (Å²) in [6.45, 7) is 5.63. The monoisotopic (exact) mass is 1470 g/mol. The molecule has 21 N–H and O–H groups in total. The molecule has 0 unspecified atom stereocenters. The van der Waals surface area contributed by atoms with E-state index in [1.165, 1.54) is 31.2 Å². The molecule has 12 amide bonds. The van der Waals surface area contributed by atoms with Crippen molar-refractivity contribution in [1.82, 2.24) is 58.1 Å². The Hall–Kier alpha value is -11.3. The van der Waals surface area contributed by atoms with Crippen LogP contribution in [-0.2, 0) is 99.1 Å². The van der Waals surface area contributed by atoms with Crippen LogP contribution in [0.2, 0.25) is 0 Å². The van der Waals surface area contributed by atoms with Crippen molar-refractivity contribution in [2.75, 3.05) is 13.1 Å². The lowest BCUT2D eigenvalue weighted by atomic mass is 9.96. The summed E-state index contributed by atoms with van der Waals surface area (Å²) in [6.07, 6.45) is -8.55. The van der Waals surface area contributed by atoms with Gasteiger partial charge in [0, 0.05) is 51.5 Å². The third-order valence-electron chi connectivity index (χ3n) is 16.5. The minimum atomic E-state index is -1.89. The van der Waals surface area contributed by atoms with Gasteiger partial charge >= 0.3 is 35.8 Å². The zero-order chi connectivity index (χ0) is 78.1. The molecule has 38 nitrogen and oxygen atoms in total. The number of nitrogens with one attached hydrogen (secondary N) is 10. The quantitative estimate of drug-likeness (QED) is 0.0304. The maximum absolute atomic E-state index is 14.8. The van der Waals surface area contributed by atoms with Gasteiger partial charge in [-0.2, -0.15) is 0 Å². The van der Waals surface area contributed by atoms with E-state index in [-0.39, 0.29) is 50.3 Å². The Morgan fingerprint density at radius 3 is 1.26 bits per heavy atom. The van der Waals surface area contributed by atoms with Crippen LogP contribution >= 0.6 is 0 Å². The topological polar surface area (TPSA) is 624 Å². The van der Waals surface area contributed by atoms with Crippen molar-refractivity contribution in [2.24, 2.45) is 23.3 Å². The fraction of sp³-hybridized carbons (Fsp3) is 0.545. The lowest BCUT2D eigenvalue weighted by Crippen LogP contribution is -2.61. The third kappa shape index (κ3) is 30.9. The number of carboxylic acid groups (broad SMARTS) is 6. The fourth-order valence-corrected chi connectivity index (χ4v) is 10.8. The minimum absolute atomic E-state index is 0.109. The molecular weight excluding hydrogens is 1370 g/mol. The average Bonchev–Trinajstić information content (AvgIpc) is 0.942. The van der Waals surface area contributed by atoms with Crippen molar-refractivity contribution in [3.63, 3.8) is 0 Å². The molecule has 0 aliphatic carbocycles. The summed E-state index contributed by atoms with van der Waals surface area (Å²) in [5, 5.41) is 91.8. The molecule has 1 saturated heterocycles. The molecule has 1 fully saturated rings. The molecule has 2 aromatic carbocycles. The van der Waals surface area contributed by atoms with Gasteiger partial charge in [-0.1, -0.05) is 76.6 Å². The highest BCUT2D eigenvalue weighted by atomic mass is 16.4. The fourth-order valence-electron chi connectivity index (χ4n) is 10.8. The molecule has 1 aliphatic rings. The van der Waals surface area contributed by atoms with E-state index in [2.05, 4.69) is 53.2 Å². The summed E-state index contributed by atoms with van der Waals surface area (Å²) >= 11 is 0. The summed E-state index contributed by atoms with van der Waals surface area (Å²) in [5.74, 6) is -23.5. The standard InChI is InChI=1S/C66H93N13O25/c1-5-34(4)55(78-59(96)41(21-26-53(89)90)71-56(93)38(18-23-50(83)84)72-61(98)44(29-35-10-7-6-8-11-35)77-63(100)46(31-54(91)92)69-49(82)32-67)65(102)79-27-9-12-47(79)64(101)73-40(20-25-52(87)88)57(94)70-39(19-24-51(85)86)58(95)76-45(30-36-13-15-37(80)16-14-36)62(99)75-43(28-33(2)3)60(97)74-42(66(103)104)17-22-48(68)81/h6-8,10-11,13-16,33-34,38-47,55,80H,5,9,12,17-32,67H2,1-4H3,(H2,68,81)(H,69,82)(H,70,94)(H,71,93)(H,72,98)(H,73,101)(H,74,97)(H,75,99)(H,76,95)(H,77,100)(H,78,96)(H,83,84)(H,85,86)(H,87,88)(H,89,90)(H,91,92)(H,103,104)/t34-,38-,39-,40-,41-,42-,43-,44-,45-,46-,47-,55+/m0/s1. The van der Waals surface area contributed by atoms with E-state index >= 15 is 0 Å². The molecule has 1 heterocycles. The van der Waals surface area contributed by atoms with Crippen LogP contribution in [0.3, 0.4) is 0 Å². The smallest absolute Gasteiger partial charge is 0.326 e. The van der Waals surface area contributed by atoms with E-state index < -0.39 is 263 Å². The van der Waals surface area contributed by atoms with Crippen molar-refractivity contribution in [3.8, 4) is 5.75 Å². The van der Waals surface area contributed by atoms with Crippen molar-refractivity contribution < 1.29 is 122 Å². The van der Waals surface area contributed by atoms with Crippen LogP contribution in [0.25, 0.3) is 0 Å². The molecule has 2 aromatic rings. The van der Waals surface area contributed by atoms with Crippen LogP contribution in [0.1, 0.15) is 135 Å². The predicted octanol–water partition coefficient (Wildman–Crippen LogP) is -3.65. The van der Waals surface area contributed by atoms with Gasteiger partial charge in [0.1, 0.15) is 72.2 Å². The number of carbonyl (C=O) groups excluding carboxylic acids is 12. The number of benzene rings is 2. The zero-order valence-electron chi connectivity index (χ0n) is 57.7. The summed E-state index contributed by atoms with van der Waals surface area (Å²) in [4.78, 5) is 239. The van der Waals surface area contributed by atoms with E-state index in [0.717, 1.165) is 4.90 Å². The van der Waals surface area contributed by atoms with Crippen LogP contribution in [0.4, 0.5) is 0 Å². The summed E-state index contributed by atoms with van der Waals surface area (Å²) in [5.41, 5.74) is 11.2. The number of amides is 12. The molecule has 0 radical (unpaired) electrons. The second-order valence-electron chi connectivity index (χ2n) is 25.2. The molecule has 38 heteroatoms. The Labute approximate surface area is 596 Å². The predicted molar refractivity (Wildman–Crippen MR) is 360 cm³/mol. The summed E-state index contributed by atoms with van der Waals surface area (Å²) in [6, 6.07) is -5.73. The van der Waals surface area contributed by atoms with Crippen LogP contribution < -0.4 is 64.6 Å². The summed E-state index contributed by atoms with van der Waals surface area (Å²) in [7, 11) is 0. The number of hydrogen-bond donors (Lipinski definition) is 19. The molecule has 104 heavy (non-hydrogen) atoms. The molecule has 0 aromatic heterocycles. The number of aromatic hydroxyl groups is 1. The van der Waals surface area contributed by atoms with E-state index in [4.69, 9.17) is 11.5 Å². The molecule has 1 aliphatic heterocycles. The van der Waals surface area contributed by atoms with Gasteiger partial charge in [-0.3, -0.25) is 81.5 Å². The van der Waals surface area contributed by atoms with Crippen molar-refractivity contribution in [3.05, 3.63) is 65.7 Å². The summed E-state index contributed by atoms with van der Waals surface area (Å²) < 4.78 is 0. The molecule has 0 bridgehead atoms. The van der Waals surface area contributed by atoms with Crippen molar-refractivity contribution >= 4 is 107 Å². The third-order valence-corrected chi connectivity index (χ3v) is 16.5. The number of rotatable bonds is 47. The SMILES string of the molecule is CC[C@H](C)[C@@H](NC(=O)[C@H](CCC(=O)O)NC(=O)[C@H](CCC(=O)O)NC(=O)[C@H](Cc1ccccc1)NC(=O)[C@H](CC(=O)O)NC(=O)CN)C(=O)N1CCC[C@H]1C(=O)N[C@@H](CCC(=O)O)C(=O)N[C@@H](CCC(=O)O)C(=O)N[C@@H](Cc1ccc(O)cc1)C(=O)N[C@@H](CC(C)C)C(=O)N[C@@H](CCC(N)=O)C(=O)O. The van der Waals surface area contributed by atoms with Gasteiger partial charge in [-0.25, -0.2) is 4.79 Å². The Morgan fingerprint density at radius 1 is 0.462 bits per heavy atom. The normalized spacial score (nSPS) is 15.6. The minimum Gasteiger partial charge on any atom is -0.508 e. The van der Waals surface area contributed by atoms with Gasteiger partial charge < -0.3 is 105 Å². The van der Waals surface area contributed by atoms with Gasteiger partial charge in [-0.05, 0) is 86.5 Å². The molecule has 572 valence electrons. The van der Waals surface area contributed by atoms with Crippen LogP contribution in [0.15, 0.2) is 54.6 Å². The molecule has 0 saturated carbocycles. The first kappa shape index (κ1) is 86.9. The van der Waals surface area contributed by atoms with E-state index in [1.54, 1.807) is 51.1 Å². The van der Waals surface area contributed by atoms with Crippen molar-refractivity contribution in [2.45, 2.75) is 203 Å². The van der Waals surface area contributed by atoms with Gasteiger partial charge in [0.25, 0.3) is 0 Å². The maximum atomic E-state index is 14.8. The first-order valence-electron chi connectivity index (χ1n) is 33.4. The number of nitrogens with zero attached hydrogens (tertiary/aromatic N) is 1. The van der Waals surface area contributed by atoms with E-state index in [9.17, 15) is 122 Å². The van der Waals surface area contributed by atoms with Crippen LogP contribution in [0.5, 0.6) is 5.75 Å². The zero-order valence-corrected chi connectivity index (χ0v) is 57.7. The second kappa shape index (κ2) is 43.5. The first-order chi connectivity index (χ1) is 48.9. The van der Waals surface area contributed by atoms with Gasteiger partial charge in [0.05, 0.1) is 13.0 Å². The van der Waals surface area contributed by atoms with Gasteiger partial charge in [0.2, 0.25) is 70.9 Å². The van der Waals surface area contributed by atoms with Crippen molar-refractivity contribution in [1.29, 1.82) is 0 Å². The first-order valence-corrected chi connectivity index (χ1v) is 33.4. The van der Waals surface area contributed by atoms with Crippen LogP contribution in [0, 0.1) is 11.8 Å². The lowest BCUT2D eigenvalue weighted by molar-refractivity contribution is -0.144. The Kier molecular flexibility index (Phi) is 36.3. The molecule has 3 rings (SSSR count). The molecule has 12 atom stereocenters. The number of carbonyl (C=O) groups is 18. The van der Waals surface area contributed by atoms with E-state index in [1.807, 2.05) is 0 Å². The largest absolute Gasteiger partial charge is 0.508 e. The van der Waals surface area contributed by atoms with Gasteiger partial charge in [0.15, 0.2) is 0 Å². The Bertz CT molecular complexity index is 3410. The Morgan fingerprint density at radius 2 is 0.846 bits per heavy atom. The van der Waals surface area contributed by atoms with Gasteiger partial charge in [-0.15, -0.1) is 0 Å². The number of primary amides is 1. The lowest BCUT2D eigenvalue weighted by Gasteiger charge is -2.33. The number of hydrogen-bond acceptors (Lipinski definition) is 20. The maximum Gasteiger partial charge on any atom is 0.326 e. The number of phenolic OH excluding ortho intramolecular Hbond substituents is 1. The number of likely N-dealkylation sites (tertiary alicyclic amines) is 1. The number of aliphatic carboxylic acids is 6. The highest BCUT2D eigenvalue weighted by Crippen LogP contribution is 2.23. The second-order valence-corrected chi connectivity index (χ2v) is 25.2. The highest BCUT2D eigenvalue weighted by Gasteiger charge is 2.43. The molecular formula is C66H93N13O25. The average molecular weight is 1470 g/mol. The molecule has 0 spiro atoms.